The number of amides is 1. The Balaban J connectivity index is 2.98. The molecule has 23 heavy (non-hydrogen) atoms. The van der Waals surface area contributed by atoms with Crippen molar-refractivity contribution in [1.82, 2.24) is 4.90 Å². The van der Waals surface area contributed by atoms with Gasteiger partial charge in [0.05, 0.1) is 0 Å². The Morgan fingerprint density at radius 3 is 2.39 bits per heavy atom. The molecule has 1 aromatic rings. The van der Waals surface area contributed by atoms with Crippen LogP contribution in [0.25, 0.3) is 0 Å². The fourth-order valence-corrected chi connectivity index (χ4v) is 2.55. The molecule has 0 aromatic heterocycles. The summed E-state index contributed by atoms with van der Waals surface area (Å²) in [6, 6.07) is 6.93. The van der Waals surface area contributed by atoms with Gasteiger partial charge in [-0.1, -0.05) is 33.8 Å². The van der Waals surface area contributed by atoms with Crippen molar-refractivity contribution in [1.29, 1.82) is 0 Å². The van der Waals surface area contributed by atoms with Gasteiger partial charge in [0.1, 0.15) is 5.75 Å². The second-order valence-corrected chi connectivity index (χ2v) is 6.03. The number of nitrogens with zero attached hydrogens (tertiary/aromatic N) is 1. The molecule has 128 valence electrons. The van der Waals surface area contributed by atoms with E-state index in [0.29, 0.717) is 23.8 Å². The van der Waals surface area contributed by atoms with E-state index < -0.39 is 12.6 Å². The summed E-state index contributed by atoms with van der Waals surface area (Å²) in [7, 11) is 0. The summed E-state index contributed by atoms with van der Waals surface area (Å²) in [4.78, 5) is 25.4. The van der Waals surface area contributed by atoms with Gasteiger partial charge in [0.15, 0.2) is 6.61 Å². The lowest BCUT2D eigenvalue weighted by Crippen LogP contribution is -2.42. The molecule has 5 nitrogen and oxygen atoms in total. The Kier molecular flexibility index (Phi) is 7.59. The first-order valence-electron chi connectivity index (χ1n) is 8.14. The average Bonchev–Trinajstić information content (AvgIpc) is 2.52. The Labute approximate surface area is 138 Å². The smallest absolute Gasteiger partial charge is 0.341 e. The first-order valence-corrected chi connectivity index (χ1v) is 8.14. The lowest BCUT2D eigenvalue weighted by molar-refractivity contribution is -0.139. The van der Waals surface area contributed by atoms with Crippen LogP contribution in [0.15, 0.2) is 24.3 Å². The third-order valence-electron chi connectivity index (χ3n) is 3.65. The summed E-state index contributed by atoms with van der Waals surface area (Å²) in [5, 5.41) is 8.68. The number of benzene rings is 1. The van der Waals surface area contributed by atoms with Crippen LogP contribution in [0.1, 0.15) is 50.9 Å². The summed E-state index contributed by atoms with van der Waals surface area (Å²) in [6.45, 7) is 8.64. The maximum absolute atomic E-state index is 12.9. The topological polar surface area (TPSA) is 66.8 Å². The molecule has 5 heteroatoms. The van der Waals surface area contributed by atoms with E-state index >= 15 is 0 Å². The van der Waals surface area contributed by atoms with Gasteiger partial charge in [-0.25, -0.2) is 4.79 Å². The molecule has 0 unspecified atom stereocenters. The van der Waals surface area contributed by atoms with Crippen molar-refractivity contribution in [2.75, 3.05) is 13.2 Å². The van der Waals surface area contributed by atoms with Crippen LogP contribution in [-0.4, -0.2) is 41.1 Å². The SMILES string of the molecule is CCC(CC)N(CC(C)C)C(=O)c1cccc(OCC(=O)O)c1. The number of ether oxygens (including phenoxy) is 1. The van der Waals surface area contributed by atoms with Crippen molar-refractivity contribution >= 4 is 11.9 Å². The summed E-state index contributed by atoms with van der Waals surface area (Å²) >= 11 is 0. The number of hydrogen-bond acceptors (Lipinski definition) is 3. The largest absolute Gasteiger partial charge is 0.482 e. The van der Waals surface area contributed by atoms with Crippen molar-refractivity contribution in [3.05, 3.63) is 29.8 Å². The third-order valence-corrected chi connectivity index (χ3v) is 3.65. The standard InChI is InChI=1S/C18H27NO4/c1-5-15(6-2)19(11-13(3)4)18(22)14-8-7-9-16(10-14)23-12-17(20)21/h7-10,13,15H,5-6,11-12H2,1-4H3,(H,20,21). The van der Waals surface area contributed by atoms with Gasteiger partial charge in [0, 0.05) is 18.2 Å². The predicted octanol–water partition coefficient (Wildman–Crippen LogP) is 3.44. The van der Waals surface area contributed by atoms with Gasteiger partial charge in [0.25, 0.3) is 5.91 Å². The fraction of sp³-hybridized carbons (Fsp3) is 0.556. The maximum atomic E-state index is 12.9. The molecule has 0 atom stereocenters. The molecule has 1 rings (SSSR count). The van der Waals surface area contributed by atoms with E-state index in [9.17, 15) is 9.59 Å². The van der Waals surface area contributed by atoms with E-state index in [0.717, 1.165) is 12.8 Å². The molecule has 1 amide bonds. The van der Waals surface area contributed by atoms with Gasteiger partial charge >= 0.3 is 5.97 Å². The highest BCUT2D eigenvalue weighted by atomic mass is 16.5. The van der Waals surface area contributed by atoms with Crippen molar-refractivity contribution in [3.8, 4) is 5.75 Å². The molecule has 0 fully saturated rings. The number of hydrogen-bond donors (Lipinski definition) is 1. The van der Waals surface area contributed by atoms with E-state index in [1.165, 1.54) is 0 Å². The first kappa shape index (κ1) is 19.0. The van der Waals surface area contributed by atoms with Crippen LogP contribution in [0.4, 0.5) is 0 Å². The summed E-state index contributed by atoms with van der Waals surface area (Å²) < 4.78 is 5.16. The van der Waals surface area contributed by atoms with Gasteiger partial charge < -0.3 is 14.7 Å². The number of rotatable bonds is 9. The van der Waals surface area contributed by atoms with E-state index in [4.69, 9.17) is 9.84 Å². The monoisotopic (exact) mass is 321 g/mol. The van der Waals surface area contributed by atoms with Crippen molar-refractivity contribution in [2.45, 2.75) is 46.6 Å². The fourth-order valence-electron chi connectivity index (χ4n) is 2.55. The molecular formula is C18H27NO4. The zero-order valence-electron chi connectivity index (χ0n) is 14.4. The second kappa shape index (κ2) is 9.18. The number of carboxylic acid groups (broad SMARTS) is 1. The Morgan fingerprint density at radius 2 is 1.87 bits per heavy atom. The number of carbonyl (C=O) groups excluding carboxylic acids is 1. The summed E-state index contributed by atoms with van der Waals surface area (Å²) in [5.41, 5.74) is 0.528. The second-order valence-electron chi connectivity index (χ2n) is 6.03. The van der Waals surface area contributed by atoms with Crippen LogP contribution in [0.3, 0.4) is 0 Å². The Hall–Kier alpha value is -2.04. The van der Waals surface area contributed by atoms with Crippen LogP contribution >= 0.6 is 0 Å². The quantitative estimate of drug-likeness (QED) is 0.756. The van der Waals surface area contributed by atoms with Gasteiger partial charge in [0.2, 0.25) is 0 Å². The van der Waals surface area contributed by atoms with Gasteiger partial charge in [-0.05, 0) is 37.0 Å². The highest BCUT2D eigenvalue weighted by Crippen LogP contribution is 2.19. The van der Waals surface area contributed by atoms with Gasteiger partial charge in [-0.3, -0.25) is 4.79 Å². The average molecular weight is 321 g/mol. The van der Waals surface area contributed by atoms with E-state index in [1.54, 1.807) is 24.3 Å². The minimum atomic E-state index is -1.04. The predicted molar refractivity (Wildman–Crippen MR) is 89.8 cm³/mol. The highest BCUT2D eigenvalue weighted by Gasteiger charge is 2.23. The van der Waals surface area contributed by atoms with Crippen LogP contribution in [0.5, 0.6) is 5.75 Å². The first-order chi connectivity index (χ1) is 10.9. The molecule has 0 aliphatic carbocycles. The van der Waals surface area contributed by atoms with Crippen molar-refractivity contribution in [3.63, 3.8) is 0 Å². The molecular weight excluding hydrogens is 294 g/mol. The van der Waals surface area contributed by atoms with Crippen molar-refractivity contribution in [2.24, 2.45) is 5.92 Å². The lowest BCUT2D eigenvalue weighted by Gasteiger charge is -2.32. The zero-order chi connectivity index (χ0) is 17.4. The summed E-state index contributed by atoms with van der Waals surface area (Å²) in [6.07, 6.45) is 1.81. The van der Waals surface area contributed by atoms with Crippen LogP contribution in [0.2, 0.25) is 0 Å². The molecule has 1 N–H and O–H groups in total. The van der Waals surface area contributed by atoms with E-state index in [1.807, 2.05) is 4.90 Å². The third kappa shape index (κ3) is 5.93. The van der Waals surface area contributed by atoms with Gasteiger partial charge in [-0.15, -0.1) is 0 Å². The van der Waals surface area contributed by atoms with Crippen LogP contribution in [0, 0.1) is 5.92 Å². The Bertz CT molecular complexity index is 524. The Morgan fingerprint density at radius 1 is 1.22 bits per heavy atom. The number of aliphatic carboxylic acids is 1. The lowest BCUT2D eigenvalue weighted by atomic mass is 10.1. The number of carbonyl (C=O) groups is 2. The maximum Gasteiger partial charge on any atom is 0.341 e. The minimum absolute atomic E-state index is 0.0341. The van der Waals surface area contributed by atoms with Crippen LogP contribution in [-0.2, 0) is 4.79 Å². The van der Waals surface area contributed by atoms with Gasteiger partial charge in [-0.2, -0.15) is 0 Å². The summed E-state index contributed by atoms with van der Waals surface area (Å²) in [5.74, 6) is -0.299. The molecule has 0 aliphatic heterocycles. The molecule has 0 heterocycles. The molecule has 0 spiro atoms. The highest BCUT2D eigenvalue weighted by molar-refractivity contribution is 5.94. The molecule has 0 bridgehead atoms. The molecule has 0 saturated heterocycles. The van der Waals surface area contributed by atoms with Crippen molar-refractivity contribution < 1.29 is 19.4 Å². The zero-order valence-corrected chi connectivity index (χ0v) is 14.4. The van der Waals surface area contributed by atoms with E-state index in [2.05, 4.69) is 27.7 Å². The number of carboxylic acids is 1. The molecule has 0 aliphatic rings. The van der Waals surface area contributed by atoms with Crippen LogP contribution < -0.4 is 4.74 Å². The molecule has 1 aromatic carbocycles. The van der Waals surface area contributed by atoms with E-state index in [-0.39, 0.29) is 11.9 Å². The molecule has 0 saturated carbocycles. The molecule has 0 radical (unpaired) electrons. The normalized spacial score (nSPS) is 10.9. The minimum Gasteiger partial charge on any atom is -0.482 e.